The summed E-state index contributed by atoms with van der Waals surface area (Å²) in [4.78, 5) is 24.2. The van der Waals surface area contributed by atoms with Crippen LogP contribution in [0.1, 0.15) is 20.9 Å². The second-order valence-corrected chi connectivity index (χ2v) is 7.97. The highest BCUT2D eigenvalue weighted by Gasteiger charge is 2.24. The monoisotopic (exact) mass is 415 g/mol. The summed E-state index contributed by atoms with van der Waals surface area (Å²) >= 11 is 1.18. The van der Waals surface area contributed by atoms with E-state index < -0.39 is 35.6 Å². The maximum Gasteiger partial charge on any atom is 0.307 e. The van der Waals surface area contributed by atoms with Gasteiger partial charge in [-0.3, -0.25) is 14.2 Å². The van der Waals surface area contributed by atoms with Gasteiger partial charge in [0, 0.05) is 17.1 Å². The first-order chi connectivity index (χ1) is 12.7. The number of phenolic OH excluding ortho intramolecular Hbond substituents is 1. The summed E-state index contributed by atoms with van der Waals surface area (Å²) in [6, 6.07) is 4.80. The maximum atomic E-state index is 13.9. The van der Waals surface area contributed by atoms with Crippen molar-refractivity contribution in [3.63, 3.8) is 0 Å². The van der Waals surface area contributed by atoms with Gasteiger partial charge in [0.1, 0.15) is 0 Å². The molecule has 0 unspecified atom stereocenters. The van der Waals surface area contributed by atoms with Crippen LogP contribution in [0.4, 0.5) is 13.2 Å². The highest BCUT2D eigenvalue weighted by molar-refractivity contribution is 8.01. The van der Waals surface area contributed by atoms with Crippen LogP contribution in [-0.4, -0.2) is 32.4 Å². The van der Waals surface area contributed by atoms with Crippen molar-refractivity contribution >= 4 is 45.9 Å². The SMILES string of the molecule is Cc1c(CC(=O)O)c2cc(O)c(F)cc2n1C(=O)c1ccc(SC(F)F)s1. The van der Waals surface area contributed by atoms with Gasteiger partial charge in [0.25, 0.3) is 11.7 Å². The largest absolute Gasteiger partial charge is 0.505 e. The summed E-state index contributed by atoms with van der Waals surface area (Å²) in [6.45, 7) is 1.51. The summed E-state index contributed by atoms with van der Waals surface area (Å²) < 4.78 is 40.2. The number of hydrogen-bond acceptors (Lipinski definition) is 5. The Morgan fingerprint density at radius 3 is 2.63 bits per heavy atom. The number of hydrogen-bond donors (Lipinski definition) is 2. The highest BCUT2D eigenvalue weighted by Crippen LogP contribution is 2.35. The lowest BCUT2D eigenvalue weighted by Gasteiger charge is -2.06. The van der Waals surface area contributed by atoms with Gasteiger partial charge < -0.3 is 10.2 Å². The van der Waals surface area contributed by atoms with Crippen molar-refractivity contribution in [2.75, 3.05) is 0 Å². The third-order valence-electron chi connectivity index (χ3n) is 3.93. The number of aromatic nitrogens is 1. The second-order valence-electron chi connectivity index (χ2n) is 5.59. The molecular weight excluding hydrogens is 403 g/mol. The summed E-state index contributed by atoms with van der Waals surface area (Å²) in [5.41, 5.74) is 0.638. The van der Waals surface area contributed by atoms with E-state index in [0.717, 1.165) is 28.0 Å². The number of benzene rings is 1. The Labute approximate surface area is 159 Å². The predicted molar refractivity (Wildman–Crippen MR) is 95.5 cm³/mol. The van der Waals surface area contributed by atoms with E-state index in [0.29, 0.717) is 11.8 Å². The number of aliphatic carboxylic acids is 1. The topological polar surface area (TPSA) is 79.5 Å². The van der Waals surface area contributed by atoms with Gasteiger partial charge in [-0.2, -0.15) is 8.78 Å². The number of thiophene rings is 1. The zero-order valence-corrected chi connectivity index (χ0v) is 15.3. The van der Waals surface area contributed by atoms with Crippen LogP contribution in [0.2, 0.25) is 0 Å². The lowest BCUT2D eigenvalue weighted by atomic mass is 10.1. The van der Waals surface area contributed by atoms with Gasteiger partial charge in [0.15, 0.2) is 11.6 Å². The van der Waals surface area contributed by atoms with Crippen LogP contribution >= 0.6 is 23.1 Å². The zero-order valence-electron chi connectivity index (χ0n) is 13.7. The van der Waals surface area contributed by atoms with Crippen molar-refractivity contribution in [2.24, 2.45) is 0 Å². The summed E-state index contributed by atoms with van der Waals surface area (Å²) in [5.74, 6) is -5.99. The van der Waals surface area contributed by atoms with E-state index in [9.17, 15) is 27.9 Å². The molecule has 10 heteroatoms. The highest BCUT2D eigenvalue weighted by atomic mass is 32.2. The number of fused-ring (bicyclic) bond motifs is 1. The summed E-state index contributed by atoms with van der Waals surface area (Å²) in [7, 11) is 0. The fraction of sp³-hybridized carbons (Fsp3) is 0.176. The maximum absolute atomic E-state index is 13.9. The molecule has 5 nitrogen and oxygen atoms in total. The molecule has 1 aromatic carbocycles. The molecule has 0 saturated heterocycles. The molecule has 0 spiro atoms. The van der Waals surface area contributed by atoms with Crippen molar-refractivity contribution < 1.29 is 33.0 Å². The quantitative estimate of drug-likeness (QED) is 0.601. The first-order valence-corrected chi connectivity index (χ1v) is 9.22. The minimum atomic E-state index is -2.63. The Morgan fingerprint density at radius 2 is 2.00 bits per heavy atom. The Kier molecular flexibility index (Phi) is 5.20. The molecule has 0 aliphatic heterocycles. The van der Waals surface area contributed by atoms with Gasteiger partial charge >= 0.3 is 5.97 Å². The Hall–Kier alpha value is -2.46. The van der Waals surface area contributed by atoms with Crippen molar-refractivity contribution in [1.29, 1.82) is 0 Å². The lowest BCUT2D eigenvalue weighted by Crippen LogP contribution is -2.13. The van der Waals surface area contributed by atoms with Crippen molar-refractivity contribution in [3.8, 4) is 5.75 Å². The number of carbonyl (C=O) groups is 2. The number of carboxylic acids is 1. The van der Waals surface area contributed by atoms with Crippen LogP contribution in [0, 0.1) is 12.7 Å². The molecule has 3 aromatic rings. The van der Waals surface area contributed by atoms with Crippen LogP contribution in [-0.2, 0) is 11.2 Å². The average molecular weight is 415 g/mol. The number of phenols is 1. The molecule has 0 atom stereocenters. The van der Waals surface area contributed by atoms with Crippen LogP contribution in [0.25, 0.3) is 10.9 Å². The van der Waals surface area contributed by atoms with E-state index in [1.165, 1.54) is 19.1 Å². The van der Waals surface area contributed by atoms with Crippen molar-refractivity contribution in [2.45, 2.75) is 23.3 Å². The number of halogens is 3. The van der Waals surface area contributed by atoms with Gasteiger partial charge in [0.05, 0.1) is 21.0 Å². The first-order valence-electron chi connectivity index (χ1n) is 7.52. The van der Waals surface area contributed by atoms with Crippen LogP contribution < -0.4 is 0 Å². The smallest absolute Gasteiger partial charge is 0.307 e. The summed E-state index contributed by atoms with van der Waals surface area (Å²) in [6.07, 6.45) is -0.426. The van der Waals surface area contributed by atoms with Crippen LogP contribution in [0.3, 0.4) is 0 Å². The van der Waals surface area contributed by atoms with E-state index >= 15 is 0 Å². The first kappa shape index (κ1) is 19.3. The molecule has 0 bridgehead atoms. The van der Waals surface area contributed by atoms with E-state index in [4.69, 9.17) is 5.11 Å². The zero-order chi connectivity index (χ0) is 19.9. The number of nitrogens with zero attached hydrogens (tertiary/aromatic N) is 1. The Morgan fingerprint density at radius 1 is 1.30 bits per heavy atom. The van der Waals surface area contributed by atoms with E-state index in [1.807, 2.05) is 0 Å². The Balaban J connectivity index is 2.16. The summed E-state index contributed by atoms with van der Waals surface area (Å²) in [5, 5.41) is 19.0. The molecule has 0 radical (unpaired) electrons. The lowest BCUT2D eigenvalue weighted by molar-refractivity contribution is -0.136. The number of thioether (sulfide) groups is 1. The van der Waals surface area contributed by atoms with E-state index in [-0.39, 0.29) is 31.2 Å². The molecule has 2 aromatic heterocycles. The molecule has 0 saturated carbocycles. The number of alkyl halides is 2. The van der Waals surface area contributed by atoms with E-state index in [2.05, 4.69) is 0 Å². The van der Waals surface area contributed by atoms with Crippen LogP contribution in [0.15, 0.2) is 28.5 Å². The predicted octanol–water partition coefficient (Wildman–Crippen LogP) is 4.49. The average Bonchev–Trinajstić information content (AvgIpc) is 3.11. The van der Waals surface area contributed by atoms with Gasteiger partial charge in [-0.25, -0.2) is 4.39 Å². The molecule has 0 aliphatic rings. The second kappa shape index (κ2) is 7.28. The minimum absolute atomic E-state index is 0.0977. The number of carbonyl (C=O) groups excluding carboxylic acids is 1. The normalized spacial score (nSPS) is 11.4. The number of aromatic hydroxyl groups is 1. The molecule has 3 rings (SSSR count). The minimum Gasteiger partial charge on any atom is -0.505 e. The molecule has 0 aliphatic carbocycles. The Bertz CT molecular complexity index is 1060. The van der Waals surface area contributed by atoms with Crippen molar-refractivity contribution in [3.05, 3.63) is 46.2 Å². The molecule has 142 valence electrons. The molecule has 2 heterocycles. The third kappa shape index (κ3) is 3.67. The number of rotatable bonds is 5. The third-order valence-corrected chi connectivity index (χ3v) is 5.88. The molecule has 27 heavy (non-hydrogen) atoms. The molecule has 0 fully saturated rings. The number of carboxylic acid groups (broad SMARTS) is 1. The standard InChI is InChI=1S/C17H12F3NO4S2/c1-7-8(5-14(23)24)9-4-12(22)10(18)6-11(9)21(7)16(25)13-2-3-15(26-13)27-17(19)20/h2-4,6,17,22H,5H2,1H3,(H,23,24). The molecule has 2 N–H and O–H groups in total. The van der Waals surface area contributed by atoms with Gasteiger partial charge in [-0.05, 0) is 42.4 Å². The molecule has 0 amide bonds. The van der Waals surface area contributed by atoms with Crippen LogP contribution in [0.5, 0.6) is 5.75 Å². The van der Waals surface area contributed by atoms with Gasteiger partial charge in [0.2, 0.25) is 0 Å². The molecular formula is C17H12F3NO4S2. The fourth-order valence-electron chi connectivity index (χ4n) is 2.82. The fourth-order valence-corrected chi connectivity index (χ4v) is 4.49. The van der Waals surface area contributed by atoms with Crippen molar-refractivity contribution in [1.82, 2.24) is 4.57 Å². The van der Waals surface area contributed by atoms with Gasteiger partial charge in [-0.1, -0.05) is 0 Å². The van der Waals surface area contributed by atoms with Gasteiger partial charge in [-0.15, -0.1) is 11.3 Å². The van der Waals surface area contributed by atoms with E-state index in [1.54, 1.807) is 0 Å².